The van der Waals surface area contributed by atoms with Crippen molar-refractivity contribution in [3.63, 3.8) is 0 Å². The van der Waals surface area contributed by atoms with Crippen LogP contribution >= 0.6 is 0 Å². The molecule has 0 aliphatic carbocycles. The minimum Gasteiger partial charge on any atom is -0.106 e. The van der Waals surface area contributed by atoms with Crippen molar-refractivity contribution in [1.29, 1.82) is 0 Å². The lowest BCUT2D eigenvalue weighted by molar-refractivity contribution is 1.16. The standard InChI is InChI=1S/C43H42.C8H10.C8H12.2C2H6.2C2H4/c1-7-20-38(31-32(4)8-2)43-39(25-13-11-10-12-22-36-23-16-19-28-42(36)43)33(5)29-30-37-24-15-18-27-41(37)34(6)40-26-17-14-21-35(40)9-3;1-7-5-3-4-6-8(7)2;1-4-6-7-8(3)5-2;4*1-2/h7,9-31H,4-5,8H2,1-3,6H3;3-6H,1-2H3;4-7H,2H2,1,3H3;2*1-2H3;2*1-2H2/b11-10?,12-10?,13-11?,20-7-,22-12?,25-13?,30-29-,35-9+,36-22?,38-31+,39-25?,40-34-,43-39?,43-42?;;6-4-,8-7-;;;;. The topological polar surface area (TPSA) is 0 Å². The van der Waals surface area contributed by atoms with Crippen LogP contribution < -0.4 is 10.4 Å². The van der Waals surface area contributed by atoms with E-state index in [0.717, 1.165) is 50.6 Å². The minimum atomic E-state index is 0.885. The van der Waals surface area contributed by atoms with E-state index in [1.165, 1.54) is 38.3 Å². The summed E-state index contributed by atoms with van der Waals surface area (Å²) in [7, 11) is 0. The van der Waals surface area contributed by atoms with Crippen LogP contribution in [0.3, 0.4) is 0 Å². The molecular formula is C67H84. The third kappa shape index (κ3) is 22.6. The smallest absolute Gasteiger partial charge is 0.00271 e. The summed E-state index contributed by atoms with van der Waals surface area (Å²) in [5.74, 6) is 0. The molecule has 5 aromatic carbocycles. The van der Waals surface area contributed by atoms with Gasteiger partial charge < -0.3 is 0 Å². The fraction of sp³-hybridized carbons (Fsp3) is 0.194. The van der Waals surface area contributed by atoms with Crippen molar-refractivity contribution >= 4 is 39.6 Å². The average molecular weight is 889 g/mol. The van der Waals surface area contributed by atoms with Gasteiger partial charge in [0.2, 0.25) is 0 Å². The number of rotatable bonds is 10. The summed E-state index contributed by atoms with van der Waals surface area (Å²) in [5.41, 5.74) is 12.9. The van der Waals surface area contributed by atoms with E-state index in [2.05, 4.69) is 258 Å². The van der Waals surface area contributed by atoms with Crippen molar-refractivity contribution in [3.8, 4) is 0 Å². The maximum Gasteiger partial charge on any atom is -0.00271 e. The van der Waals surface area contributed by atoms with Crippen molar-refractivity contribution in [2.24, 2.45) is 0 Å². The van der Waals surface area contributed by atoms with E-state index in [9.17, 15) is 0 Å². The van der Waals surface area contributed by atoms with E-state index in [-0.39, 0.29) is 0 Å². The highest BCUT2D eigenvalue weighted by atomic mass is 14.1. The molecule has 0 N–H and O–H groups in total. The minimum absolute atomic E-state index is 0.885. The van der Waals surface area contributed by atoms with Crippen LogP contribution in [-0.2, 0) is 0 Å². The Morgan fingerprint density at radius 1 is 0.582 bits per heavy atom. The van der Waals surface area contributed by atoms with Gasteiger partial charge >= 0.3 is 0 Å². The molecule has 0 saturated heterocycles. The second-order valence-electron chi connectivity index (χ2n) is 14.3. The van der Waals surface area contributed by atoms with E-state index in [1.54, 1.807) is 0 Å². The maximum atomic E-state index is 4.62. The SMILES string of the molecule is C=C.C=C.C=C(/C=C(\C=C/C)c1c(C(=C)/C=C\c2ccccc2/C(C)=c2/cccc/c2=C\C)ccccccc2ccccc12)CC.C=C/C(C)=C\C=C/C.CC.CC.Cc1ccccc1C. The lowest BCUT2D eigenvalue weighted by atomic mass is 9.90. The molecule has 0 nitrogen and oxygen atoms in total. The van der Waals surface area contributed by atoms with Gasteiger partial charge in [0.1, 0.15) is 0 Å². The molecule has 67 heavy (non-hydrogen) atoms. The highest BCUT2D eigenvalue weighted by molar-refractivity contribution is 6.01. The summed E-state index contributed by atoms with van der Waals surface area (Å²) in [6, 6.07) is 46.8. The van der Waals surface area contributed by atoms with Crippen molar-refractivity contribution in [2.75, 3.05) is 0 Å². The van der Waals surface area contributed by atoms with E-state index >= 15 is 0 Å². The molecule has 0 fully saturated rings. The molecule has 0 unspecified atom stereocenters. The van der Waals surface area contributed by atoms with Gasteiger partial charge in [-0.3, -0.25) is 0 Å². The fourth-order valence-electron chi connectivity index (χ4n) is 6.30. The molecule has 352 valence electrons. The number of allylic oxidation sites excluding steroid dienone is 12. The zero-order chi connectivity index (χ0) is 51.0. The van der Waals surface area contributed by atoms with Crippen LogP contribution in [0, 0.1) is 13.8 Å². The largest absolute Gasteiger partial charge is 0.106 e. The Labute approximate surface area is 410 Å². The molecule has 0 aliphatic rings. The molecule has 0 saturated carbocycles. The van der Waals surface area contributed by atoms with Crippen LogP contribution in [0.25, 0.3) is 39.6 Å². The van der Waals surface area contributed by atoms with Crippen molar-refractivity contribution in [1.82, 2.24) is 0 Å². The van der Waals surface area contributed by atoms with Gasteiger partial charge in [0, 0.05) is 0 Å². The van der Waals surface area contributed by atoms with Gasteiger partial charge in [0.25, 0.3) is 0 Å². The highest BCUT2D eigenvalue weighted by Gasteiger charge is 2.11. The lowest BCUT2D eigenvalue weighted by Crippen LogP contribution is -2.25. The van der Waals surface area contributed by atoms with Crippen LogP contribution in [0.2, 0.25) is 0 Å². The summed E-state index contributed by atoms with van der Waals surface area (Å²) in [4.78, 5) is 0. The molecule has 0 spiro atoms. The quantitative estimate of drug-likeness (QED) is 0.0968. The second-order valence-corrected chi connectivity index (χ2v) is 14.3. The molecule has 0 atom stereocenters. The molecule has 0 aliphatic heterocycles. The molecule has 0 aromatic heterocycles. The third-order valence-corrected chi connectivity index (χ3v) is 9.97. The molecule has 5 aromatic rings. The van der Waals surface area contributed by atoms with Crippen LogP contribution in [0.15, 0.2) is 239 Å². The van der Waals surface area contributed by atoms with Gasteiger partial charge in [0.15, 0.2) is 0 Å². The first-order valence-electron chi connectivity index (χ1n) is 23.6. The second kappa shape index (κ2) is 39.4. The first kappa shape index (κ1) is 62.1. The summed E-state index contributed by atoms with van der Waals surface area (Å²) < 4.78 is 0. The molecule has 0 heterocycles. The number of aryl methyl sites for hydroxylation is 2. The Balaban J connectivity index is 0. The van der Waals surface area contributed by atoms with E-state index in [4.69, 9.17) is 0 Å². The van der Waals surface area contributed by atoms with Crippen molar-refractivity contribution in [2.45, 2.75) is 89.5 Å². The van der Waals surface area contributed by atoms with Gasteiger partial charge in [-0.15, -0.1) is 26.3 Å². The summed E-state index contributed by atoms with van der Waals surface area (Å²) >= 11 is 0. The van der Waals surface area contributed by atoms with Gasteiger partial charge in [-0.05, 0) is 126 Å². The first-order valence-corrected chi connectivity index (χ1v) is 23.6. The Morgan fingerprint density at radius 2 is 1.09 bits per heavy atom. The van der Waals surface area contributed by atoms with Crippen molar-refractivity contribution in [3.05, 3.63) is 283 Å². The molecule has 0 radical (unpaired) electrons. The number of hydrogen-bond donors (Lipinski definition) is 0. The Kier molecular flexibility index (Phi) is 36.5. The predicted molar refractivity (Wildman–Crippen MR) is 312 cm³/mol. The van der Waals surface area contributed by atoms with Crippen LogP contribution in [-0.4, -0.2) is 0 Å². The molecule has 0 bridgehead atoms. The molecule has 0 amide bonds. The van der Waals surface area contributed by atoms with Gasteiger partial charge in [-0.2, -0.15) is 0 Å². The third-order valence-electron chi connectivity index (χ3n) is 9.97. The van der Waals surface area contributed by atoms with E-state index in [0.29, 0.717) is 0 Å². The summed E-state index contributed by atoms with van der Waals surface area (Å²) in [5, 5.41) is 4.81. The fourth-order valence-corrected chi connectivity index (χ4v) is 6.30. The van der Waals surface area contributed by atoms with Gasteiger partial charge in [-0.25, -0.2) is 0 Å². The van der Waals surface area contributed by atoms with Crippen LogP contribution in [0.5, 0.6) is 0 Å². The number of benzene rings is 4. The Bertz CT molecular complexity index is 2550. The lowest BCUT2D eigenvalue weighted by Gasteiger charge is -2.14. The monoisotopic (exact) mass is 889 g/mol. The normalized spacial score (nSPS) is 11.2. The number of fused-ring (bicyclic) bond motifs is 1. The zero-order valence-corrected chi connectivity index (χ0v) is 43.6. The molecule has 0 heteroatoms. The van der Waals surface area contributed by atoms with E-state index < -0.39 is 0 Å². The Hall–Kier alpha value is -7.02. The van der Waals surface area contributed by atoms with Gasteiger partial charge in [0.05, 0.1) is 0 Å². The summed E-state index contributed by atoms with van der Waals surface area (Å²) in [6.45, 7) is 49.3. The van der Waals surface area contributed by atoms with Crippen molar-refractivity contribution < 1.29 is 0 Å². The summed E-state index contributed by atoms with van der Waals surface area (Å²) in [6.07, 6.45) is 21.7. The van der Waals surface area contributed by atoms with Gasteiger partial charge in [-0.1, -0.05) is 260 Å². The predicted octanol–water partition coefficient (Wildman–Crippen LogP) is 19.3. The molecule has 5 rings (SSSR count). The zero-order valence-electron chi connectivity index (χ0n) is 43.6. The first-order chi connectivity index (χ1) is 32.6. The number of hydrogen-bond acceptors (Lipinski definition) is 0. The molecular weight excluding hydrogens is 805 g/mol. The average Bonchev–Trinajstić information content (AvgIpc) is 3.39. The van der Waals surface area contributed by atoms with Crippen LogP contribution in [0.4, 0.5) is 0 Å². The van der Waals surface area contributed by atoms with E-state index in [1.807, 2.05) is 65.8 Å². The Morgan fingerprint density at radius 3 is 1.64 bits per heavy atom. The van der Waals surface area contributed by atoms with Crippen LogP contribution in [0.1, 0.15) is 109 Å². The highest BCUT2D eigenvalue weighted by Crippen LogP contribution is 2.33. The maximum absolute atomic E-state index is 4.62.